The Bertz CT molecular complexity index is 457. The van der Waals surface area contributed by atoms with Crippen LogP contribution < -0.4 is 10.2 Å². The van der Waals surface area contributed by atoms with Crippen LogP contribution in [0.15, 0.2) is 0 Å². The number of halogens is 1. The Kier molecular flexibility index (Phi) is 7.02. The van der Waals surface area contributed by atoms with Gasteiger partial charge in [0.05, 0.1) is 12.5 Å². The molecule has 1 N–H and O–H groups in total. The van der Waals surface area contributed by atoms with Crippen LogP contribution in [0, 0.1) is 17.2 Å². The Morgan fingerprint density at radius 3 is 2.70 bits per heavy atom. The van der Waals surface area contributed by atoms with Gasteiger partial charge in [-0.25, -0.2) is 0 Å². The predicted octanol–water partition coefficient (Wildman–Crippen LogP) is 2.72. The van der Waals surface area contributed by atoms with E-state index in [1.165, 1.54) is 0 Å². The Balaban J connectivity index is 2.93. The molecule has 0 amide bonds. The molecule has 6 nitrogen and oxygen atoms in total. The molecule has 0 spiro atoms. The summed E-state index contributed by atoms with van der Waals surface area (Å²) in [6.07, 6.45) is 1.40. The van der Waals surface area contributed by atoms with Crippen LogP contribution in [0.1, 0.15) is 33.6 Å². The average Bonchev–Trinajstić information content (AvgIpc) is 2.40. The van der Waals surface area contributed by atoms with E-state index in [1.54, 1.807) is 0 Å². The Morgan fingerprint density at radius 2 is 2.10 bits per heavy atom. The van der Waals surface area contributed by atoms with Crippen molar-refractivity contribution in [2.75, 3.05) is 29.9 Å². The summed E-state index contributed by atoms with van der Waals surface area (Å²) in [5, 5.41) is 12.0. The second-order valence-corrected chi connectivity index (χ2v) is 5.24. The fourth-order valence-electron chi connectivity index (χ4n) is 1.70. The lowest BCUT2D eigenvalue weighted by Crippen LogP contribution is -2.30. The molecule has 0 saturated heterocycles. The van der Waals surface area contributed by atoms with Gasteiger partial charge in [-0.2, -0.15) is 20.2 Å². The topological polar surface area (TPSA) is 77.7 Å². The number of anilines is 2. The maximum absolute atomic E-state index is 8.75. The number of hydrogen-bond donors (Lipinski definition) is 1. The van der Waals surface area contributed by atoms with Gasteiger partial charge in [0.1, 0.15) is 0 Å². The van der Waals surface area contributed by atoms with Crippen LogP contribution in [-0.4, -0.2) is 34.6 Å². The molecule has 0 aromatic carbocycles. The van der Waals surface area contributed by atoms with Crippen molar-refractivity contribution < 1.29 is 0 Å². The molecule has 1 aromatic rings. The SMILES string of the molecule is CCCNc1nc(Cl)nc(N(CCC#N)CC(C)C)n1. The molecular formula is C13H21ClN6. The van der Waals surface area contributed by atoms with Crippen molar-refractivity contribution in [2.24, 2.45) is 5.92 Å². The first-order valence-electron chi connectivity index (χ1n) is 6.84. The molecule has 1 rings (SSSR count). The lowest BCUT2D eigenvalue weighted by Gasteiger charge is -2.23. The number of rotatable bonds is 8. The molecule has 1 heterocycles. The first-order valence-corrected chi connectivity index (χ1v) is 7.22. The van der Waals surface area contributed by atoms with E-state index in [0.717, 1.165) is 19.5 Å². The number of nitrogens with zero attached hydrogens (tertiary/aromatic N) is 5. The Labute approximate surface area is 125 Å². The fraction of sp³-hybridized carbons (Fsp3) is 0.692. The molecular weight excluding hydrogens is 276 g/mol. The van der Waals surface area contributed by atoms with E-state index in [0.29, 0.717) is 30.8 Å². The fourth-order valence-corrected chi connectivity index (χ4v) is 1.85. The molecule has 20 heavy (non-hydrogen) atoms. The van der Waals surface area contributed by atoms with E-state index >= 15 is 0 Å². The average molecular weight is 297 g/mol. The molecule has 7 heteroatoms. The van der Waals surface area contributed by atoms with Gasteiger partial charge < -0.3 is 10.2 Å². The van der Waals surface area contributed by atoms with Crippen LogP contribution in [0.25, 0.3) is 0 Å². The van der Waals surface area contributed by atoms with Crippen molar-refractivity contribution >= 4 is 23.5 Å². The van der Waals surface area contributed by atoms with Gasteiger partial charge in [-0.15, -0.1) is 0 Å². The number of nitriles is 1. The Hall–Kier alpha value is -1.61. The third-order valence-electron chi connectivity index (χ3n) is 2.49. The first kappa shape index (κ1) is 16.4. The van der Waals surface area contributed by atoms with E-state index in [2.05, 4.69) is 47.1 Å². The van der Waals surface area contributed by atoms with Gasteiger partial charge in [-0.1, -0.05) is 20.8 Å². The molecule has 0 atom stereocenters. The van der Waals surface area contributed by atoms with Crippen LogP contribution in [0.5, 0.6) is 0 Å². The summed E-state index contributed by atoms with van der Waals surface area (Å²) in [4.78, 5) is 14.6. The monoisotopic (exact) mass is 296 g/mol. The summed E-state index contributed by atoms with van der Waals surface area (Å²) in [5.41, 5.74) is 0. The van der Waals surface area contributed by atoms with Crippen LogP contribution in [-0.2, 0) is 0 Å². The van der Waals surface area contributed by atoms with Crippen LogP contribution in [0.2, 0.25) is 5.28 Å². The number of nitrogens with one attached hydrogen (secondary N) is 1. The highest BCUT2D eigenvalue weighted by molar-refractivity contribution is 6.28. The predicted molar refractivity (Wildman–Crippen MR) is 80.9 cm³/mol. The minimum atomic E-state index is 0.166. The van der Waals surface area contributed by atoms with E-state index in [9.17, 15) is 0 Å². The summed E-state index contributed by atoms with van der Waals surface area (Å²) in [5.74, 6) is 1.44. The van der Waals surface area contributed by atoms with E-state index < -0.39 is 0 Å². The van der Waals surface area contributed by atoms with Crippen LogP contribution >= 0.6 is 11.6 Å². The summed E-state index contributed by atoms with van der Waals surface area (Å²) in [7, 11) is 0. The van der Waals surface area contributed by atoms with Gasteiger partial charge in [-0.05, 0) is 23.9 Å². The molecule has 0 fully saturated rings. The van der Waals surface area contributed by atoms with Crippen molar-refractivity contribution in [3.05, 3.63) is 5.28 Å². The van der Waals surface area contributed by atoms with E-state index in [4.69, 9.17) is 16.9 Å². The third-order valence-corrected chi connectivity index (χ3v) is 2.66. The molecule has 0 bridgehead atoms. The largest absolute Gasteiger partial charge is 0.354 e. The summed E-state index contributed by atoms with van der Waals surface area (Å²) >= 11 is 5.95. The van der Waals surface area contributed by atoms with Gasteiger partial charge in [-0.3, -0.25) is 0 Å². The standard InChI is InChI=1S/C13H21ClN6/c1-4-7-16-12-17-11(14)18-13(19-12)20(8-5-6-15)9-10(2)3/h10H,4-5,7-9H2,1-3H3,(H,16,17,18,19). The molecule has 0 aliphatic carbocycles. The zero-order valence-electron chi connectivity index (χ0n) is 12.2. The van der Waals surface area contributed by atoms with E-state index in [1.807, 2.05) is 4.90 Å². The van der Waals surface area contributed by atoms with Gasteiger partial charge in [0.15, 0.2) is 0 Å². The van der Waals surface area contributed by atoms with Gasteiger partial charge in [0.2, 0.25) is 17.2 Å². The minimum absolute atomic E-state index is 0.166. The zero-order valence-corrected chi connectivity index (χ0v) is 13.0. The van der Waals surface area contributed by atoms with Crippen molar-refractivity contribution in [2.45, 2.75) is 33.6 Å². The molecule has 0 radical (unpaired) electrons. The highest BCUT2D eigenvalue weighted by atomic mass is 35.5. The second kappa shape index (κ2) is 8.54. The van der Waals surface area contributed by atoms with Gasteiger partial charge >= 0.3 is 0 Å². The number of aromatic nitrogens is 3. The van der Waals surface area contributed by atoms with Gasteiger partial charge in [0.25, 0.3) is 0 Å². The molecule has 0 saturated carbocycles. The van der Waals surface area contributed by atoms with Crippen LogP contribution in [0.4, 0.5) is 11.9 Å². The van der Waals surface area contributed by atoms with Crippen molar-refractivity contribution in [1.82, 2.24) is 15.0 Å². The summed E-state index contributed by atoms with van der Waals surface area (Å²) in [6.45, 7) is 8.42. The minimum Gasteiger partial charge on any atom is -0.354 e. The second-order valence-electron chi connectivity index (χ2n) is 4.90. The zero-order chi connectivity index (χ0) is 15.0. The quantitative estimate of drug-likeness (QED) is 0.795. The molecule has 0 aliphatic heterocycles. The Morgan fingerprint density at radius 1 is 1.35 bits per heavy atom. The highest BCUT2D eigenvalue weighted by Gasteiger charge is 2.14. The maximum atomic E-state index is 8.75. The summed E-state index contributed by atoms with van der Waals surface area (Å²) < 4.78 is 0. The molecule has 1 aromatic heterocycles. The van der Waals surface area contributed by atoms with E-state index in [-0.39, 0.29) is 5.28 Å². The first-order chi connectivity index (χ1) is 9.56. The van der Waals surface area contributed by atoms with Crippen molar-refractivity contribution in [3.8, 4) is 6.07 Å². The summed E-state index contributed by atoms with van der Waals surface area (Å²) in [6, 6.07) is 2.14. The normalized spacial score (nSPS) is 10.4. The molecule has 110 valence electrons. The molecule has 0 aliphatic rings. The molecule has 0 unspecified atom stereocenters. The maximum Gasteiger partial charge on any atom is 0.231 e. The third kappa shape index (κ3) is 5.57. The van der Waals surface area contributed by atoms with Crippen molar-refractivity contribution in [1.29, 1.82) is 5.26 Å². The lowest BCUT2D eigenvalue weighted by molar-refractivity contribution is 0.601. The lowest BCUT2D eigenvalue weighted by atomic mass is 10.2. The number of hydrogen-bond acceptors (Lipinski definition) is 6. The van der Waals surface area contributed by atoms with Crippen molar-refractivity contribution in [3.63, 3.8) is 0 Å². The van der Waals surface area contributed by atoms with Gasteiger partial charge in [0, 0.05) is 19.6 Å². The highest BCUT2D eigenvalue weighted by Crippen LogP contribution is 2.15. The van der Waals surface area contributed by atoms with Crippen LogP contribution in [0.3, 0.4) is 0 Å². The smallest absolute Gasteiger partial charge is 0.231 e.